The molecule has 33 heavy (non-hydrogen) atoms. The van der Waals surface area contributed by atoms with E-state index in [9.17, 15) is 20.1 Å². The van der Waals surface area contributed by atoms with Crippen molar-refractivity contribution in [2.24, 2.45) is 5.92 Å². The summed E-state index contributed by atoms with van der Waals surface area (Å²) >= 11 is 0. The Balaban J connectivity index is 1.44. The van der Waals surface area contributed by atoms with E-state index in [2.05, 4.69) is 20.9 Å². The highest BCUT2D eigenvalue weighted by Gasteiger charge is 2.46. The number of carbonyl (C=O) groups excluding carboxylic acids is 1. The van der Waals surface area contributed by atoms with Crippen molar-refractivity contribution in [1.29, 1.82) is 0 Å². The zero-order chi connectivity index (χ0) is 22.9. The zero-order valence-corrected chi connectivity index (χ0v) is 18.6. The first-order valence-corrected chi connectivity index (χ1v) is 11.9. The fourth-order valence-electron chi connectivity index (χ4n) is 5.46. The SMILES string of the molecule is O=C1NC(N2CCCCC2)NC(N[C@@H]2C[C@H](CO)[C@@H](O)[C@H]2O)C1c1ccc2ccccc2n1. The Bertz CT molecular complexity index is 984. The Morgan fingerprint density at radius 2 is 1.85 bits per heavy atom. The number of hydrogen-bond donors (Lipinski definition) is 6. The van der Waals surface area contributed by atoms with Gasteiger partial charge in [-0.1, -0.05) is 30.7 Å². The molecule has 2 aromatic rings. The molecule has 178 valence electrons. The number of nitrogens with one attached hydrogen (secondary N) is 3. The number of rotatable bonds is 5. The number of fused-ring (bicyclic) bond motifs is 1. The van der Waals surface area contributed by atoms with Gasteiger partial charge in [-0.05, 0) is 31.4 Å². The number of likely N-dealkylation sites (tertiary alicyclic amines) is 1. The van der Waals surface area contributed by atoms with Crippen LogP contribution in [0.4, 0.5) is 0 Å². The number of aliphatic hydroxyl groups is 3. The summed E-state index contributed by atoms with van der Waals surface area (Å²) in [6.07, 6.45) is 0.962. The maximum Gasteiger partial charge on any atom is 0.234 e. The van der Waals surface area contributed by atoms with E-state index in [1.807, 2.05) is 36.4 Å². The Morgan fingerprint density at radius 1 is 1.06 bits per heavy atom. The first kappa shape index (κ1) is 22.6. The molecule has 0 radical (unpaired) electrons. The highest BCUT2D eigenvalue weighted by Crippen LogP contribution is 2.30. The number of hydrogen-bond acceptors (Lipinski definition) is 8. The van der Waals surface area contributed by atoms with Crippen LogP contribution >= 0.6 is 0 Å². The molecule has 0 spiro atoms. The highest BCUT2D eigenvalue weighted by atomic mass is 16.3. The van der Waals surface area contributed by atoms with Crippen molar-refractivity contribution >= 4 is 16.8 Å². The number of benzene rings is 1. The van der Waals surface area contributed by atoms with E-state index >= 15 is 0 Å². The van der Waals surface area contributed by atoms with Gasteiger partial charge in [0.1, 0.15) is 12.2 Å². The van der Waals surface area contributed by atoms with Crippen LogP contribution in [-0.2, 0) is 4.79 Å². The van der Waals surface area contributed by atoms with Gasteiger partial charge in [0.05, 0.1) is 29.6 Å². The topological polar surface area (TPSA) is 130 Å². The van der Waals surface area contributed by atoms with Crippen molar-refractivity contribution in [3.63, 3.8) is 0 Å². The van der Waals surface area contributed by atoms with Gasteiger partial charge >= 0.3 is 0 Å². The van der Waals surface area contributed by atoms with Crippen molar-refractivity contribution < 1.29 is 20.1 Å². The van der Waals surface area contributed by atoms with Gasteiger partial charge in [0.25, 0.3) is 0 Å². The zero-order valence-electron chi connectivity index (χ0n) is 18.6. The molecule has 3 aliphatic rings. The molecule has 1 aromatic heterocycles. The predicted octanol–water partition coefficient (Wildman–Crippen LogP) is -0.174. The second-order valence-electron chi connectivity index (χ2n) is 9.49. The van der Waals surface area contributed by atoms with Crippen LogP contribution in [0, 0.1) is 5.92 Å². The molecule has 0 bridgehead atoms. The summed E-state index contributed by atoms with van der Waals surface area (Å²) < 4.78 is 0. The van der Waals surface area contributed by atoms with E-state index in [0.717, 1.165) is 36.8 Å². The smallest absolute Gasteiger partial charge is 0.234 e. The van der Waals surface area contributed by atoms with Crippen molar-refractivity contribution in [2.45, 2.75) is 62.3 Å². The number of pyridine rings is 1. The summed E-state index contributed by atoms with van der Waals surface area (Å²) in [6, 6.07) is 11.2. The minimum Gasteiger partial charge on any atom is -0.396 e. The largest absolute Gasteiger partial charge is 0.396 e. The molecule has 9 nitrogen and oxygen atoms in total. The lowest BCUT2D eigenvalue weighted by Crippen LogP contribution is -2.71. The van der Waals surface area contributed by atoms with Crippen LogP contribution in [0.25, 0.3) is 10.9 Å². The summed E-state index contributed by atoms with van der Waals surface area (Å²) in [5.41, 5.74) is 1.46. The quantitative estimate of drug-likeness (QED) is 0.366. The fourth-order valence-corrected chi connectivity index (χ4v) is 5.46. The summed E-state index contributed by atoms with van der Waals surface area (Å²) in [5, 5.41) is 41.5. The van der Waals surface area contributed by atoms with Gasteiger partial charge in [-0.25, -0.2) is 0 Å². The fraction of sp³-hybridized carbons (Fsp3) is 0.583. The molecular formula is C24H33N5O4. The number of amides is 1. The third-order valence-electron chi connectivity index (χ3n) is 7.36. The van der Waals surface area contributed by atoms with Crippen LogP contribution in [-0.4, -0.2) is 81.5 Å². The average molecular weight is 456 g/mol. The van der Waals surface area contributed by atoms with Gasteiger partial charge in [-0.15, -0.1) is 0 Å². The van der Waals surface area contributed by atoms with Crippen LogP contribution in [0.3, 0.4) is 0 Å². The third-order valence-corrected chi connectivity index (χ3v) is 7.36. The second-order valence-corrected chi connectivity index (χ2v) is 9.49. The minimum absolute atomic E-state index is 0.128. The van der Waals surface area contributed by atoms with E-state index in [4.69, 9.17) is 4.98 Å². The molecule has 5 rings (SSSR count). The molecule has 1 amide bonds. The van der Waals surface area contributed by atoms with Crippen molar-refractivity contribution in [3.05, 3.63) is 42.1 Å². The van der Waals surface area contributed by atoms with Crippen LogP contribution < -0.4 is 16.0 Å². The summed E-state index contributed by atoms with van der Waals surface area (Å²) in [4.78, 5) is 20.4. The Hall–Kier alpha value is -2.14. The maximum absolute atomic E-state index is 13.4. The molecule has 3 unspecified atom stereocenters. The van der Waals surface area contributed by atoms with E-state index in [0.29, 0.717) is 12.1 Å². The molecule has 6 N–H and O–H groups in total. The molecule has 1 aromatic carbocycles. The molecule has 9 heteroatoms. The van der Waals surface area contributed by atoms with Gasteiger partial charge < -0.3 is 20.6 Å². The first-order valence-electron chi connectivity index (χ1n) is 11.9. The van der Waals surface area contributed by atoms with Crippen LogP contribution in [0.1, 0.15) is 37.3 Å². The van der Waals surface area contributed by atoms with E-state index in [-0.39, 0.29) is 18.8 Å². The number of aliphatic hydroxyl groups excluding tert-OH is 3. The highest BCUT2D eigenvalue weighted by molar-refractivity contribution is 5.86. The average Bonchev–Trinajstić information content (AvgIpc) is 3.12. The summed E-state index contributed by atoms with van der Waals surface area (Å²) in [6.45, 7) is 1.61. The number of piperidine rings is 1. The first-order chi connectivity index (χ1) is 16.0. The maximum atomic E-state index is 13.4. The van der Waals surface area contributed by atoms with Gasteiger partial charge in [0.15, 0.2) is 0 Å². The summed E-state index contributed by atoms with van der Waals surface area (Å²) in [5.74, 6) is -1.14. The normalized spacial score (nSPS) is 35.6. The predicted molar refractivity (Wildman–Crippen MR) is 123 cm³/mol. The van der Waals surface area contributed by atoms with Crippen LogP contribution in [0.2, 0.25) is 0 Å². The monoisotopic (exact) mass is 455 g/mol. The number of carbonyl (C=O) groups is 1. The van der Waals surface area contributed by atoms with Gasteiger partial charge in [0, 0.05) is 37.0 Å². The number of nitrogens with zero attached hydrogens (tertiary/aromatic N) is 2. The lowest BCUT2D eigenvalue weighted by molar-refractivity contribution is -0.130. The molecule has 3 fully saturated rings. The lowest BCUT2D eigenvalue weighted by atomic mass is 9.95. The third kappa shape index (κ3) is 4.49. The summed E-state index contributed by atoms with van der Waals surface area (Å²) in [7, 11) is 0. The standard InChI is InChI=1S/C24H33N5O4/c30-13-15-12-18(21(32)20(15)31)26-22-19(17-9-8-14-6-2-3-7-16(14)25-17)23(33)28-24(27-22)29-10-4-1-5-11-29/h2-3,6-9,15,18-22,24,26-27,30-32H,1,4-5,10-13H2,(H,28,33)/t15-,18-,19?,20-,21+,22?,24?/m1/s1. The van der Waals surface area contributed by atoms with E-state index in [1.54, 1.807) is 0 Å². The van der Waals surface area contributed by atoms with Gasteiger partial charge in [-0.3, -0.25) is 25.3 Å². The molecule has 2 saturated heterocycles. The Labute approximate surface area is 193 Å². The molecule has 1 saturated carbocycles. The van der Waals surface area contributed by atoms with Crippen molar-refractivity contribution in [2.75, 3.05) is 19.7 Å². The van der Waals surface area contributed by atoms with Gasteiger partial charge in [-0.2, -0.15) is 0 Å². The molecule has 2 aliphatic heterocycles. The Morgan fingerprint density at radius 3 is 2.61 bits per heavy atom. The molecule has 3 heterocycles. The second kappa shape index (κ2) is 9.61. The molecule has 1 aliphatic carbocycles. The minimum atomic E-state index is -1.02. The Kier molecular flexibility index (Phi) is 6.60. The lowest BCUT2D eigenvalue weighted by Gasteiger charge is -2.44. The number of para-hydroxylation sites is 1. The van der Waals surface area contributed by atoms with Crippen LogP contribution in [0.5, 0.6) is 0 Å². The van der Waals surface area contributed by atoms with Crippen molar-refractivity contribution in [1.82, 2.24) is 25.8 Å². The number of aromatic nitrogens is 1. The van der Waals surface area contributed by atoms with E-state index < -0.39 is 36.3 Å². The van der Waals surface area contributed by atoms with Crippen LogP contribution in [0.15, 0.2) is 36.4 Å². The molecule has 7 atom stereocenters. The van der Waals surface area contributed by atoms with Gasteiger partial charge in [0.2, 0.25) is 5.91 Å². The van der Waals surface area contributed by atoms with E-state index in [1.165, 1.54) is 6.42 Å². The molecular weight excluding hydrogens is 422 g/mol. The van der Waals surface area contributed by atoms with Crippen molar-refractivity contribution in [3.8, 4) is 0 Å².